The third-order valence-electron chi connectivity index (χ3n) is 6.53. The lowest BCUT2D eigenvalue weighted by molar-refractivity contribution is -0.141. The van der Waals surface area contributed by atoms with E-state index in [0.29, 0.717) is 19.5 Å². The largest absolute Gasteiger partial charge is 0.339 e. The molecule has 1 N–H and O–H groups in total. The van der Waals surface area contributed by atoms with Gasteiger partial charge in [0.2, 0.25) is 5.91 Å². The maximum absolute atomic E-state index is 13.0. The van der Waals surface area contributed by atoms with Crippen molar-refractivity contribution < 1.29 is 14.4 Å². The molecule has 2 aliphatic heterocycles. The van der Waals surface area contributed by atoms with Crippen molar-refractivity contribution in [3.63, 3.8) is 0 Å². The van der Waals surface area contributed by atoms with Crippen LogP contribution in [0.5, 0.6) is 0 Å². The number of rotatable bonds is 4. The van der Waals surface area contributed by atoms with E-state index >= 15 is 0 Å². The van der Waals surface area contributed by atoms with E-state index < -0.39 is 11.6 Å². The summed E-state index contributed by atoms with van der Waals surface area (Å²) in [5, 5.41) is 2.91. The van der Waals surface area contributed by atoms with Gasteiger partial charge in [0.05, 0.1) is 4.34 Å². The summed E-state index contributed by atoms with van der Waals surface area (Å²) in [7, 11) is 0. The van der Waals surface area contributed by atoms with Gasteiger partial charge in [-0.15, -0.1) is 11.3 Å². The third kappa shape index (κ3) is 4.02. The van der Waals surface area contributed by atoms with E-state index in [-0.39, 0.29) is 24.3 Å². The van der Waals surface area contributed by atoms with Crippen molar-refractivity contribution in [2.75, 3.05) is 32.7 Å². The summed E-state index contributed by atoms with van der Waals surface area (Å²) in [5.41, 5.74) is -0.809. The SMILES string of the molecule is CC1CCCCC12NC(=O)N(CC(=O)N1CCN(Cc3ccc(Cl)s3)CC1)C2=O. The molecule has 158 valence electrons. The third-order valence-corrected chi connectivity index (χ3v) is 7.74. The minimum Gasteiger partial charge on any atom is -0.339 e. The lowest BCUT2D eigenvalue weighted by Crippen LogP contribution is -2.54. The second-order valence-electron chi connectivity index (χ2n) is 8.30. The predicted octanol–water partition coefficient (Wildman–Crippen LogP) is 2.55. The Morgan fingerprint density at radius 1 is 1.24 bits per heavy atom. The number of hydrogen-bond donors (Lipinski definition) is 1. The Balaban J connectivity index is 1.32. The van der Waals surface area contributed by atoms with E-state index in [1.54, 1.807) is 16.2 Å². The van der Waals surface area contributed by atoms with Crippen LogP contribution in [0.2, 0.25) is 4.34 Å². The zero-order valence-corrected chi connectivity index (χ0v) is 18.2. The van der Waals surface area contributed by atoms with Crippen molar-refractivity contribution in [3.8, 4) is 0 Å². The normalized spacial score (nSPS) is 28.3. The topological polar surface area (TPSA) is 73.0 Å². The van der Waals surface area contributed by atoms with Crippen molar-refractivity contribution in [1.29, 1.82) is 0 Å². The maximum Gasteiger partial charge on any atom is 0.325 e. The molecule has 3 fully saturated rings. The van der Waals surface area contributed by atoms with E-state index in [9.17, 15) is 14.4 Å². The van der Waals surface area contributed by atoms with Gasteiger partial charge in [0.1, 0.15) is 12.1 Å². The van der Waals surface area contributed by atoms with Gasteiger partial charge in [-0.25, -0.2) is 4.79 Å². The highest BCUT2D eigenvalue weighted by Crippen LogP contribution is 2.38. The summed E-state index contributed by atoms with van der Waals surface area (Å²) in [6.07, 6.45) is 3.59. The van der Waals surface area contributed by atoms with Gasteiger partial charge in [0, 0.05) is 37.6 Å². The average molecular weight is 439 g/mol. The zero-order valence-electron chi connectivity index (χ0n) is 16.7. The van der Waals surface area contributed by atoms with Gasteiger partial charge in [-0.1, -0.05) is 31.4 Å². The molecule has 1 saturated carbocycles. The number of halogens is 1. The van der Waals surface area contributed by atoms with Crippen LogP contribution >= 0.6 is 22.9 Å². The number of carbonyl (C=O) groups excluding carboxylic acids is 3. The maximum atomic E-state index is 13.0. The van der Waals surface area contributed by atoms with Crippen molar-refractivity contribution >= 4 is 40.8 Å². The van der Waals surface area contributed by atoms with Crippen LogP contribution in [0.25, 0.3) is 0 Å². The molecule has 1 aromatic rings. The Kier molecular flexibility index (Phi) is 5.86. The quantitative estimate of drug-likeness (QED) is 0.733. The molecular weight excluding hydrogens is 412 g/mol. The Bertz CT molecular complexity index is 807. The Morgan fingerprint density at radius 2 is 2.00 bits per heavy atom. The van der Waals surface area contributed by atoms with Crippen LogP contribution in [0.15, 0.2) is 12.1 Å². The molecule has 4 amide bonds. The van der Waals surface area contributed by atoms with Gasteiger partial charge < -0.3 is 10.2 Å². The first-order chi connectivity index (χ1) is 13.9. The molecule has 0 radical (unpaired) electrons. The van der Waals surface area contributed by atoms with Crippen LogP contribution in [-0.4, -0.2) is 70.8 Å². The summed E-state index contributed by atoms with van der Waals surface area (Å²) >= 11 is 7.57. The smallest absolute Gasteiger partial charge is 0.325 e. The monoisotopic (exact) mass is 438 g/mol. The van der Waals surface area contributed by atoms with Gasteiger partial charge in [0.15, 0.2) is 0 Å². The molecule has 1 spiro atoms. The second kappa shape index (κ2) is 8.24. The van der Waals surface area contributed by atoms with Gasteiger partial charge >= 0.3 is 6.03 Å². The number of nitrogens with zero attached hydrogens (tertiary/aromatic N) is 3. The Hall–Kier alpha value is -1.64. The molecule has 29 heavy (non-hydrogen) atoms. The predicted molar refractivity (Wildman–Crippen MR) is 112 cm³/mol. The van der Waals surface area contributed by atoms with Crippen LogP contribution < -0.4 is 5.32 Å². The van der Waals surface area contributed by atoms with Crippen LogP contribution in [-0.2, 0) is 16.1 Å². The first kappa shape index (κ1) is 20.6. The number of piperazine rings is 1. The fraction of sp³-hybridized carbons (Fsp3) is 0.650. The number of nitrogens with one attached hydrogen (secondary N) is 1. The molecule has 1 aromatic heterocycles. The summed E-state index contributed by atoms with van der Waals surface area (Å²) < 4.78 is 0.785. The standard InChI is InChI=1S/C20H27ClN4O3S/c1-14-4-2-3-7-20(14)18(27)25(19(28)22-20)13-17(26)24-10-8-23(9-11-24)12-15-5-6-16(21)29-15/h5-6,14H,2-4,7-13H2,1H3,(H,22,28). The molecule has 2 unspecified atom stereocenters. The number of urea groups is 1. The lowest BCUT2D eigenvalue weighted by atomic mass is 9.73. The summed E-state index contributed by atoms with van der Waals surface area (Å²) in [5.74, 6) is -0.286. The van der Waals surface area contributed by atoms with Crippen LogP contribution in [0, 0.1) is 5.92 Å². The van der Waals surface area contributed by atoms with E-state index in [0.717, 1.165) is 48.1 Å². The van der Waals surface area contributed by atoms with Gasteiger partial charge in [-0.2, -0.15) is 0 Å². The number of amides is 4. The molecule has 2 saturated heterocycles. The van der Waals surface area contributed by atoms with Crippen molar-refractivity contribution in [1.82, 2.24) is 20.0 Å². The summed E-state index contributed by atoms with van der Waals surface area (Å²) in [6.45, 7) is 5.41. The Labute approximate surface area is 180 Å². The molecule has 0 bridgehead atoms. The molecule has 4 rings (SSSR count). The highest BCUT2D eigenvalue weighted by molar-refractivity contribution is 7.16. The molecule has 3 aliphatic rings. The van der Waals surface area contributed by atoms with E-state index in [1.807, 2.05) is 19.1 Å². The van der Waals surface area contributed by atoms with Gasteiger partial charge in [-0.05, 0) is 30.9 Å². The molecule has 2 atom stereocenters. The molecule has 1 aliphatic carbocycles. The molecular formula is C20H27ClN4O3S. The minimum absolute atomic E-state index is 0.0992. The zero-order chi connectivity index (χ0) is 20.6. The van der Waals surface area contributed by atoms with Crippen molar-refractivity contribution in [2.24, 2.45) is 5.92 Å². The number of hydrogen-bond acceptors (Lipinski definition) is 5. The van der Waals surface area contributed by atoms with Crippen LogP contribution in [0.3, 0.4) is 0 Å². The highest BCUT2D eigenvalue weighted by Gasteiger charge is 2.55. The van der Waals surface area contributed by atoms with Crippen molar-refractivity contribution in [2.45, 2.75) is 44.7 Å². The van der Waals surface area contributed by atoms with E-state index in [4.69, 9.17) is 11.6 Å². The van der Waals surface area contributed by atoms with Crippen LogP contribution in [0.4, 0.5) is 4.79 Å². The van der Waals surface area contributed by atoms with Gasteiger partial charge in [0.25, 0.3) is 5.91 Å². The van der Waals surface area contributed by atoms with E-state index in [1.165, 1.54) is 4.88 Å². The lowest BCUT2D eigenvalue weighted by Gasteiger charge is -2.37. The molecule has 3 heterocycles. The second-order valence-corrected chi connectivity index (χ2v) is 10.1. The number of imide groups is 1. The Morgan fingerprint density at radius 3 is 2.66 bits per heavy atom. The van der Waals surface area contributed by atoms with E-state index in [2.05, 4.69) is 10.2 Å². The fourth-order valence-corrected chi connectivity index (χ4v) is 5.82. The summed E-state index contributed by atoms with van der Waals surface area (Å²) in [6, 6.07) is 3.51. The molecule has 0 aromatic carbocycles. The molecule has 7 nitrogen and oxygen atoms in total. The first-order valence-corrected chi connectivity index (χ1v) is 11.5. The highest BCUT2D eigenvalue weighted by atomic mass is 35.5. The minimum atomic E-state index is -0.809. The van der Waals surface area contributed by atoms with Crippen LogP contribution in [0.1, 0.15) is 37.5 Å². The molecule has 9 heteroatoms. The average Bonchev–Trinajstić information content (AvgIpc) is 3.21. The fourth-order valence-electron chi connectivity index (χ4n) is 4.69. The van der Waals surface area contributed by atoms with Gasteiger partial charge in [-0.3, -0.25) is 19.4 Å². The number of thiophene rings is 1. The first-order valence-electron chi connectivity index (χ1n) is 10.3. The van der Waals surface area contributed by atoms with Crippen molar-refractivity contribution in [3.05, 3.63) is 21.3 Å². The number of carbonyl (C=O) groups is 3. The summed E-state index contributed by atoms with van der Waals surface area (Å²) in [4.78, 5) is 44.7.